The van der Waals surface area contributed by atoms with Crippen LogP contribution in [0.3, 0.4) is 0 Å². The highest BCUT2D eigenvalue weighted by Crippen LogP contribution is 2.33. The van der Waals surface area contributed by atoms with Gasteiger partial charge in [-0.25, -0.2) is 0 Å². The molecule has 0 amide bonds. The van der Waals surface area contributed by atoms with Crippen molar-refractivity contribution in [3.05, 3.63) is 22.4 Å². The Bertz CT molecular complexity index is 336. The van der Waals surface area contributed by atoms with Crippen LogP contribution in [0.2, 0.25) is 0 Å². The number of thiophene rings is 1. The molecule has 1 aromatic heterocycles. The monoisotopic (exact) mass is 252 g/mol. The second-order valence-electron chi connectivity index (χ2n) is 5.56. The van der Waals surface area contributed by atoms with Gasteiger partial charge in [-0.05, 0) is 47.6 Å². The van der Waals surface area contributed by atoms with E-state index in [9.17, 15) is 0 Å². The predicted octanol–water partition coefficient (Wildman–Crippen LogP) is 3.11. The molecule has 0 saturated carbocycles. The van der Waals surface area contributed by atoms with E-state index in [0.717, 1.165) is 18.4 Å². The van der Waals surface area contributed by atoms with Crippen LogP contribution in [-0.2, 0) is 0 Å². The normalized spacial score (nSPS) is 32.6. The summed E-state index contributed by atoms with van der Waals surface area (Å²) in [7, 11) is 0. The molecule has 1 aliphatic rings. The van der Waals surface area contributed by atoms with Crippen LogP contribution in [0.25, 0.3) is 0 Å². The lowest BCUT2D eigenvalue weighted by Gasteiger charge is -2.45. The molecule has 1 aromatic rings. The van der Waals surface area contributed by atoms with E-state index in [0.29, 0.717) is 12.1 Å². The van der Waals surface area contributed by atoms with Gasteiger partial charge in [0.1, 0.15) is 0 Å². The topological polar surface area (TPSA) is 29.3 Å². The summed E-state index contributed by atoms with van der Waals surface area (Å²) in [6.45, 7) is 8.99. The van der Waals surface area contributed by atoms with Crippen LogP contribution >= 0.6 is 11.3 Å². The standard InChI is InChI=1S/C14H24N2S/c1-10-6-11(2)12(3)16(8-10)14(7-15)13-4-5-17-9-13/h4-5,9-12,14H,6-8,15H2,1-3H3. The third kappa shape index (κ3) is 2.72. The average molecular weight is 252 g/mol. The molecule has 3 heteroatoms. The second-order valence-corrected chi connectivity index (χ2v) is 6.34. The van der Waals surface area contributed by atoms with Gasteiger partial charge in [0.15, 0.2) is 0 Å². The zero-order chi connectivity index (χ0) is 12.4. The Kier molecular flexibility index (Phi) is 4.23. The molecule has 2 rings (SSSR count). The molecule has 1 saturated heterocycles. The zero-order valence-corrected chi connectivity index (χ0v) is 11.9. The molecule has 4 unspecified atom stereocenters. The van der Waals surface area contributed by atoms with Gasteiger partial charge in [-0.2, -0.15) is 11.3 Å². The van der Waals surface area contributed by atoms with Crippen molar-refractivity contribution in [1.82, 2.24) is 4.90 Å². The van der Waals surface area contributed by atoms with Crippen LogP contribution in [0.1, 0.15) is 38.8 Å². The first-order chi connectivity index (χ1) is 8.13. The maximum Gasteiger partial charge on any atom is 0.0481 e. The van der Waals surface area contributed by atoms with E-state index in [4.69, 9.17) is 5.73 Å². The number of likely N-dealkylation sites (tertiary alicyclic amines) is 1. The number of hydrogen-bond donors (Lipinski definition) is 1. The van der Waals surface area contributed by atoms with Crippen LogP contribution in [-0.4, -0.2) is 24.0 Å². The minimum Gasteiger partial charge on any atom is -0.329 e. The predicted molar refractivity (Wildman–Crippen MR) is 75.2 cm³/mol. The van der Waals surface area contributed by atoms with Crippen LogP contribution in [0, 0.1) is 11.8 Å². The van der Waals surface area contributed by atoms with Gasteiger partial charge in [0.2, 0.25) is 0 Å². The van der Waals surface area contributed by atoms with Crippen molar-refractivity contribution in [2.45, 2.75) is 39.3 Å². The number of hydrogen-bond acceptors (Lipinski definition) is 3. The van der Waals surface area contributed by atoms with Crippen LogP contribution < -0.4 is 5.73 Å². The minimum absolute atomic E-state index is 0.404. The molecule has 0 aliphatic carbocycles. The van der Waals surface area contributed by atoms with Crippen LogP contribution in [0.15, 0.2) is 16.8 Å². The van der Waals surface area contributed by atoms with Crippen molar-refractivity contribution in [2.24, 2.45) is 17.6 Å². The largest absolute Gasteiger partial charge is 0.329 e. The van der Waals surface area contributed by atoms with Gasteiger partial charge in [-0.1, -0.05) is 13.8 Å². The van der Waals surface area contributed by atoms with Crippen molar-refractivity contribution < 1.29 is 0 Å². The third-order valence-corrected chi connectivity index (χ3v) is 4.90. The molecule has 0 radical (unpaired) electrons. The van der Waals surface area contributed by atoms with E-state index in [1.165, 1.54) is 18.5 Å². The first-order valence-corrected chi connectivity index (χ1v) is 7.55. The Morgan fingerprint density at radius 3 is 2.82 bits per heavy atom. The van der Waals surface area contributed by atoms with Gasteiger partial charge in [0.25, 0.3) is 0 Å². The summed E-state index contributed by atoms with van der Waals surface area (Å²) in [4.78, 5) is 2.61. The van der Waals surface area contributed by atoms with Gasteiger partial charge >= 0.3 is 0 Å². The summed E-state index contributed by atoms with van der Waals surface area (Å²) in [6, 6.07) is 3.26. The maximum absolute atomic E-state index is 6.01. The Labute approximate surface area is 109 Å². The average Bonchev–Trinajstić information content (AvgIpc) is 2.79. The smallest absolute Gasteiger partial charge is 0.0481 e. The van der Waals surface area contributed by atoms with Gasteiger partial charge in [0, 0.05) is 25.2 Å². The van der Waals surface area contributed by atoms with Crippen LogP contribution in [0.4, 0.5) is 0 Å². The first kappa shape index (κ1) is 13.1. The molecular formula is C14H24N2S. The molecular weight excluding hydrogens is 228 g/mol. The van der Waals surface area contributed by atoms with Gasteiger partial charge in [0.05, 0.1) is 0 Å². The number of piperidine rings is 1. The maximum atomic E-state index is 6.01. The fourth-order valence-electron chi connectivity index (χ4n) is 3.10. The van der Waals surface area contributed by atoms with Crippen molar-refractivity contribution >= 4 is 11.3 Å². The fourth-order valence-corrected chi connectivity index (χ4v) is 3.80. The molecule has 2 N–H and O–H groups in total. The Morgan fingerprint density at radius 1 is 1.47 bits per heavy atom. The summed E-state index contributed by atoms with van der Waals surface area (Å²) < 4.78 is 0. The minimum atomic E-state index is 0.404. The van der Waals surface area contributed by atoms with Gasteiger partial charge in [-0.15, -0.1) is 0 Å². The van der Waals surface area contributed by atoms with E-state index in [1.54, 1.807) is 11.3 Å². The zero-order valence-electron chi connectivity index (χ0n) is 11.1. The molecule has 96 valence electrons. The first-order valence-electron chi connectivity index (χ1n) is 6.61. The van der Waals surface area contributed by atoms with Gasteiger partial charge < -0.3 is 5.73 Å². The summed E-state index contributed by atoms with van der Waals surface area (Å²) in [5.41, 5.74) is 7.41. The summed E-state index contributed by atoms with van der Waals surface area (Å²) >= 11 is 1.77. The molecule has 17 heavy (non-hydrogen) atoms. The van der Waals surface area contributed by atoms with Crippen molar-refractivity contribution in [3.8, 4) is 0 Å². The lowest BCUT2D eigenvalue weighted by Crippen LogP contribution is -2.49. The molecule has 0 aromatic carbocycles. The van der Waals surface area contributed by atoms with Crippen molar-refractivity contribution in [3.63, 3.8) is 0 Å². The lowest BCUT2D eigenvalue weighted by atomic mass is 9.84. The molecule has 1 aliphatic heterocycles. The quantitative estimate of drug-likeness (QED) is 0.895. The van der Waals surface area contributed by atoms with Gasteiger partial charge in [-0.3, -0.25) is 4.90 Å². The summed E-state index contributed by atoms with van der Waals surface area (Å²) in [5, 5.41) is 4.40. The Balaban J connectivity index is 2.18. The number of rotatable bonds is 3. The summed E-state index contributed by atoms with van der Waals surface area (Å²) in [6.07, 6.45) is 1.35. The van der Waals surface area contributed by atoms with Crippen LogP contribution in [0.5, 0.6) is 0 Å². The second kappa shape index (κ2) is 5.51. The fraction of sp³-hybridized carbons (Fsp3) is 0.714. The van der Waals surface area contributed by atoms with E-state index >= 15 is 0 Å². The van der Waals surface area contributed by atoms with E-state index in [-0.39, 0.29) is 0 Å². The highest BCUT2D eigenvalue weighted by atomic mass is 32.1. The molecule has 1 fully saturated rings. The highest BCUT2D eigenvalue weighted by molar-refractivity contribution is 7.07. The van der Waals surface area contributed by atoms with Crippen molar-refractivity contribution in [1.29, 1.82) is 0 Å². The molecule has 0 spiro atoms. The molecule has 0 bridgehead atoms. The van der Waals surface area contributed by atoms with E-state index < -0.39 is 0 Å². The van der Waals surface area contributed by atoms with Crippen molar-refractivity contribution in [2.75, 3.05) is 13.1 Å². The molecule has 4 atom stereocenters. The highest BCUT2D eigenvalue weighted by Gasteiger charge is 2.33. The number of nitrogens with two attached hydrogens (primary N) is 1. The Morgan fingerprint density at radius 2 is 2.24 bits per heavy atom. The third-order valence-electron chi connectivity index (χ3n) is 4.19. The number of nitrogens with zero attached hydrogens (tertiary/aromatic N) is 1. The van der Waals surface area contributed by atoms with E-state index in [2.05, 4.69) is 42.5 Å². The lowest BCUT2D eigenvalue weighted by molar-refractivity contribution is 0.0426. The SMILES string of the molecule is CC1CC(C)C(C)N(C(CN)c2ccsc2)C1. The molecule has 2 nitrogen and oxygen atoms in total. The van der Waals surface area contributed by atoms with E-state index in [1.807, 2.05) is 0 Å². The summed E-state index contributed by atoms with van der Waals surface area (Å²) in [5.74, 6) is 1.56. The molecule has 2 heterocycles. The Hall–Kier alpha value is -0.380.